The van der Waals surface area contributed by atoms with E-state index in [1.54, 1.807) is 11.3 Å². The van der Waals surface area contributed by atoms with Gasteiger partial charge in [-0.3, -0.25) is 0 Å². The number of nitrogens with zero attached hydrogens (tertiary/aromatic N) is 1. The van der Waals surface area contributed by atoms with Crippen LogP contribution in [-0.2, 0) is 12.0 Å². The highest BCUT2D eigenvalue weighted by Gasteiger charge is 2.17. The predicted octanol–water partition coefficient (Wildman–Crippen LogP) is 4.18. The van der Waals surface area contributed by atoms with Crippen LogP contribution in [0.3, 0.4) is 0 Å². The largest absolute Gasteiger partial charge is 0.306 e. The molecule has 1 rings (SSSR count). The van der Waals surface area contributed by atoms with Crippen LogP contribution in [0.5, 0.6) is 0 Å². The number of hydrogen-bond acceptors (Lipinski definition) is 3. The molecule has 0 aliphatic rings. The number of aromatic nitrogens is 1. The average Bonchev–Trinajstić information content (AvgIpc) is 2.71. The van der Waals surface area contributed by atoms with Crippen LogP contribution < -0.4 is 5.32 Å². The minimum atomic E-state index is 0.137. The number of nitrogens with one attached hydrogen (secondary N) is 1. The second kappa shape index (κ2) is 6.88. The van der Waals surface area contributed by atoms with Crippen LogP contribution in [0.4, 0.5) is 0 Å². The molecule has 1 heterocycles. The van der Waals surface area contributed by atoms with E-state index in [4.69, 9.17) is 11.6 Å². The second-order valence-corrected chi connectivity index (χ2v) is 7.49. The molecule has 0 saturated heterocycles. The van der Waals surface area contributed by atoms with E-state index in [1.165, 1.54) is 5.69 Å². The van der Waals surface area contributed by atoms with Gasteiger partial charge in [-0.2, -0.15) is 0 Å². The third-order valence-corrected chi connectivity index (χ3v) is 4.03. The highest BCUT2D eigenvalue weighted by atomic mass is 35.5. The highest BCUT2D eigenvalue weighted by molar-refractivity contribution is 7.09. The maximum Gasteiger partial charge on any atom is 0.107 e. The van der Waals surface area contributed by atoms with Gasteiger partial charge in [-0.15, -0.1) is 22.9 Å². The third kappa shape index (κ3) is 5.25. The third-order valence-electron chi connectivity index (χ3n) is 2.80. The first-order valence-corrected chi connectivity index (χ1v) is 7.98. The average molecular weight is 289 g/mol. The Morgan fingerprint density at radius 3 is 2.50 bits per heavy atom. The summed E-state index contributed by atoms with van der Waals surface area (Å²) in [6.07, 6.45) is 1.11. The maximum absolute atomic E-state index is 5.98. The molecule has 104 valence electrons. The van der Waals surface area contributed by atoms with Crippen molar-refractivity contribution in [3.05, 3.63) is 16.1 Å². The van der Waals surface area contributed by atoms with Crippen LogP contribution in [0.2, 0.25) is 0 Å². The number of halogens is 1. The van der Waals surface area contributed by atoms with Crippen LogP contribution in [0.15, 0.2) is 5.38 Å². The van der Waals surface area contributed by atoms with Gasteiger partial charge in [0.05, 0.1) is 5.69 Å². The van der Waals surface area contributed by atoms with Gasteiger partial charge in [0.1, 0.15) is 5.01 Å². The lowest BCUT2D eigenvalue weighted by molar-refractivity contribution is 0.444. The Morgan fingerprint density at radius 2 is 2.06 bits per heavy atom. The maximum atomic E-state index is 5.98. The van der Waals surface area contributed by atoms with E-state index in [2.05, 4.69) is 50.3 Å². The van der Waals surface area contributed by atoms with E-state index >= 15 is 0 Å². The molecule has 0 aliphatic heterocycles. The molecule has 1 aromatic heterocycles. The molecule has 2 nitrogen and oxygen atoms in total. The lowest BCUT2D eigenvalue weighted by Crippen LogP contribution is -2.31. The fraction of sp³-hybridized carbons (Fsp3) is 0.786. The molecule has 0 spiro atoms. The minimum Gasteiger partial charge on any atom is -0.306 e. The van der Waals surface area contributed by atoms with E-state index in [0.29, 0.717) is 17.8 Å². The molecule has 0 radical (unpaired) electrons. The van der Waals surface area contributed by atoms with Gasteiger partial charge in [-0.25, -0.2) is 4.98 Å². The summed E-state index contributed by atoms with van der Waals surface area (Å²) in [5.41, 5.74) is 1.31. The zero-order valence-electron chi connectivity index (χ0n) is 12.1. The summed E-state index contributed by atoms with van der Waals surface area (Å²) in [5.74, 6) is 1.33. The van der Waals surface area contributed by atoms with E-state index in [-0.39, 0.29) is 5.41 Å². The van der Waals surface area contributed by atoms with Crippen molar-refractivity contribution in [2.45, 2.75) is 59.0 Å². The van der Waals surface area contributed by atoms with Crippen molar-refractivity contribution in [2.24, 2.45) is 5.92 Å². The van der Waals surface area contributed by atoms with Gasteiger partial charge in [0.25, 0.3) is 0 Å². The molecule has 0 aliphatic carbocycles. The van der Waals surface area contributed by atoms with Gasteiger partial charge in [0.15, 0.2) is 0 Å². The van der Waals surface area contributed by atoms with Crippen molar-refractivity contribution in [1.82, 2.24) is 10.3 Å². The van der Waals surface area contributed by atoms with Gasteiger partial charge in [0, 0.05) is 29.3 Å². The summed E-state index contributed by atoms with van der Waals surface area (Å²) in [4.78, 5) is 4.68. The standard InChI is InChI=1S/C14H25ClN2S/c1-10(2)6-11(7-15)16-8-13-17-12(9-18-13)14(3,4)5/h9-11,16H,6-8H2,1-5H3. The van der Waals surface area contributed by atoms with Gasteiger partial charge in [-0.05, 0) is 12.3 Å². The van der Waals surface area contributed by atoms with Crippen molar-refractivity contribution in [3.8, 4) is 0 Å². The summed E-state index contributed by atoms with van der Waals surface area (Å²) in [5, 5.41) is 6.81. The van der Waals surface area contributed by atoms with Crippen LogP contribution in [-0.4, -0.2) is 16.9 Å². The zero-order chi connectivity index (χ0) is 13.8. The molecule has 0 bridgehead atoms. The van der Waals surface area contributed by atoms with Gasteiger partial charge < -0.3 is 5.32 Å². The van der Waals surface area contributed by atoms with Gasteiger partial charge in [0.2, 0.25) is 0 Å². The van der Waals surface area contributed by atoms with Gasteiger partial charge >= 0.3 is 0 Å². The molecule has 0 amide bonds. The summed E-state index contributed by atoms with van der Waals surface area (Å²) < 4.78 is 0. The smallest absolute Gasteiger partial charge is 0.107 e. The number of rotatable bonds is 6. The summed E-state index contributed by atoms with van der Waals surface area (Å²) in [6, 6.07) is 0.383. The highest BCUT2D eigenvalue weighted by Crippen LogP contribution is 2.23. The predicted molar refractivity (Wildman–Crippen MR) is 81.6 cm³/mol. The molecule has 0 aromatic carbocycles. The zero-order valence-corrected chi connectivity index (χ0v) is 13.7. The first-order chi connectivity index (χ1) is 8.32. The topological polar surface area (TPSA) is 24.9 Å². The minimum absolute atomic E-state index is 0.137. The molecule has 4 heteroatoms. The van der Waals surface area contributed by atoms with Crippen LogP contribution in [0.1, 0.15) is 51.7 Å². The van der Waals surface area contributed by atoms with Crippen molar-refractivity contribution >= 4 is 22.9 Å². The summed E-state index contributed by atoms with van der Waals surface area (Å²) in [6.45, 7) is 11.9. The molecule has 0 fully saturated rings. The quantitative estimate of drug-likeness (QED) is 0.794. The molecular formula is C14H25ClN2S. The number of hydrogen-bond donors (Lipinski definition) is 1. The molecule has 18 heavy (non-hydrogen) atoms. The summed E-state index contributed by atoms with van der Waals surface area (Å²) >= 11 is 7.71. The Balaban J connectivity index is 2.50. The van der Waals surface area contributed by atoms with Crippen molar-refractivity contribution in [2.75, 3.05) is 5.88 Å². The van der Waals surface area contributed by atoms with Crippen molar-refractivity contribution in [3.63, 3.8) is 0 Å². The molecule has 1 N–H and O–H groups in total. The van der Waals surface area contributed by atoms with Crippen molar-refractivity contribution < 1.29 is 0 Å². The van der Waals surface area contributed by atoms with E-state index in [1.807, 2.05) is 0 Å². The lowest BCUT2D eigenvalue weighted by atomic mass is 9.93. The van der Waals surface area contributed by atoms with Gasteiger partial charge in [-0.1, -0.05) is 34.6 Å². The van der Waals surface area contributed by atoms with E-state index in [0.717, 1.165) is 18.0 Å². The van der Waals surface area contributed by atoms with Crippen LogP contribution >= 0.6 is 22.9 Å². The Hall–Kier alpha value is -0.120. The van der Waals surface area contributed by atoms with Crippen LogP contribution in [0.25, 0.3) is 0 Å². The molecule has 0 saturated carbocycles. The second-order valence-electron chi connectivity index (χ2n) is 6.24. The van der Waals surface area contributed by atoms with E-state index in [9.17, 15) is 0 Å². The number of alkyl halides is 1. The Kier molecular flexibility index (Phi) is 6.09. The molecule has 1 atom stereocenters. The fourth-order valence-electron chi connectivity index (χ4n) is 1.74. The molecular weight excluding hydrogens is 264 g/mol. The Labute approximate surface area is 120 Å². The lowest BCUT2D eigenvalue weighted by Gasteiger charge is -2.17. The molecule has 1 unspecified atom stereocenters. The first-order valence-electron chi connectivity index (χ1n) is 6.57. The SMILES string of the molecule is CC(C)CC(CCl)NCc1nc(C(C)(C)C)cs1. The summed E-state index contributed by atoms with van der Waals surface area (Å²) in [7, 11) is 0. The fourth-order valence-corrected chi connectivity index (χ4v) is 2.94. The molecule has 1 aromatic rings. The van der Waals surface area contributed by atoms with E-state index < -0.39 is 0 Å². The van der Waals surface area contributed by atoms with Crippen molar-refractivity contribution in [1.29, 1.82) is 0 Å². The monoisotopic (exact) mass is 288 g/mol. The number of thiazole rings is 1. The Morgan fingerprint density at radius 1 is 1.39 bits per heavy atom. The first kappa shape index (κ1) is 15.9. The Bertz CT molecular complexity index is 355. The normalized spacial score (nSPS) is 14.2. The van der Waals surface area contributed by atoms with Crippen LogP contribution in [0, 0.1) is 5.92 Å².